The highest BCUT2D eigenvalue weighted by molar-refractivity contribution is 7.86. The van der Waals surface area contributed by atoms with Crippen LogP contribution < -0.4 is 5.32 Å². The summed E-state index contributed by atoms with van der Waals surface area (Å²) in [5.41, 5.74) is 0.574. The Morgan fingerprint density at radius 2 is 2.00 bits per heavy atom. The fourth-order valence-electron chi connectivity index (χ4n) is 2.59. The molecule has 1 aromatic rings. The van der Waals surface area contributed by atoms with Crippen molar-refractivity contribution in [1.29, 1.82) is 0 Å². The molecular formula is C15H14N2O5S. The fraction of sp³-hybridized carbons (Fsp3) is 0.267. The topological polar surface area (TPSA) is 104 Å². The van der Waals surface area contributed by atoms with Gasteiger partial charge < -0.3 is 10.4 Å². The zero-order valence-electron chi connectivity index (χ0n) is 12.0. The summed E-state index contributed by atoms with van der Waals surface area (Å²) in [5.74, 6) is -2.00. The molecule has 3 atom stereocenters. The second-order valence-corrected chi connectivity index (χ2v) is 6.97. The van der Waals surface area contributed by atoms with Gasteiger partial charge in [0, 0.05) is 0 Å². The molecule has 2 heterocycles. The lowest BCUT2D eigenvalue weighted by Crippen LogP contribution is -2.61. The van der Waals surface area contributed by atoms with E-state index in [-0.39, 0.29) is 30.4 Å². The first-order valence-corrected chi connectivity index (χ1v) is 8.25. The summed E-state index contributed by atoms with van der Waals surface area (Å²) in [4.78, 5) is 35.8. The third-order valence-electron chi connectivity index (χ3n) is 3.72. The Kier molecular flexibility index (Phi) is 3.99. The van der Waals surface area contributed by atoms with Gasteiger partial charge in [-0.2, -0.15) is 0 Å². The minimum absolute atomic E-state index is 0.0300. The average Bonchev–Trinajstić information content (AvgIpc) is 2.50. The van der Waals surface area contributed by atoms with E-state index in [0.29, 0.717) is 0 Å². The zero-order chi connectivity index (χ0) is 16.6. The predicted molar refractivity (Wildman–Crippen MR) is 81.2 cm³/mol. The van der Waals surface area contributed by atoms with E-state index >= 15 is 0 Å². The van der Waals surface area contributed by atoms with Crippen molar-refractivity contribution in [3.8, 4) is 0 Å². The van der Waals surface area contributed by atoms with Crippen LogP contribution in [0.2, 0.25) is 0 Å². The number of nitrogens with zero attached hydrogens (tertiary/aromatic N) is 1. The van der Waals surface area contributed by atoms with E-state index in [1.165, 1.54) is 6.08 Å². The number of fused-ring (bicyclic) bond motifs is 1. The first-order chi connectivity index (χ1) is 11.0. The van der Waals surface area contributed by atoms with Gasteiger partial charge in [-0.3, -0.25) is 18.7 Å². The Morgan fingerprint density at radius 3 is 2.61 bits per heavy atom. The number of hydrogen-bond donors (Lipinski definition) is 2. The van der Waals surface area contributed by atoms with Crippen molar-refractivity contribution in [1.82, 2.24) is 10.2 Å². The van der Waals surface area contributed by atoms with Crippen LogP contribution in [0.4, 0.5) is 0 Å². The van der Waals surface area contributed by atoms with Crippen LogP contribution in [-0.2, 0) is 31.6 Å². The van der Waals surface area contributed by atoms with Gasteiger partial charge in [-0.15, -0.1) is 0 Å². The summed E-state index contributed by atoms with van der Waals surface area (Å²) in [6, 6.07) is 9.04. The monoisotopic (exact) mass is 334 g/mol. The Balaban J connectivity index is 1.75. The third-order valence-corrected chi connectivity index (χ3v) is 5.39. The van der Waals surface area contributed by atoms with Gasteiger partial charge in [0.1, 0.15) is 16.4 Å². The van der Waals surface area contributed by atoms with Crippen molar-refractivity contribution in [2.45, 2.75) is 23.6 Å². The minimum atomic E-state index is -1.57. The summed E-state index contributed by atoms with van der Waals surface area (Å²) < 4.78 is 12.4. The van der Waals surface area contributed by atoms with Crippen molar-refractivity contribution in [3.63, 3.8) is 0 Å². The van der Waals surface area contributed by atoms with Crippen molar-refractivity contribution in [3.05, 3.63) is 47.7 Å². The molecule has 1 aromatic carbocycles. The summed E-state index contributed by atoms with van der Waals surface area (Å²) in [5, 5.41) is 10.2. The average molecular weight is 334 g/mol. The molecule has 2 aliphatic heterocycles. The Labute approximate surface area is 134 Å². The van der Waals surface area contributed by atoms with Gasteiger partial charge in [0.2, 0.25) is 11.8 Å². The fourth-order valence-corrected chi connectivity index (χ4v) is 4.18. The molecule has 0 saturated carbocycles. The lowest BCUT2D eigenvalue weighted by atomic mass is 10.1. The summed E-state index contributed by atoms with van der Waals surface area (Å²) in [7, 11) is -1.57. The lowest BCUT2D eigenvalue weighted by molar-refractivity contribution is -0.146. The van der Waals surface area contributed by atoms with Gasteiger partial charge in [0.25, 0.3) is 0 Å². The highest BCUT2D eigenvalue weighted by Gasteiger charge is 2.49. The standard InChI is InChI=1S/C15H14N2O5S/c18-11(6-9-4-2-1-3-5-9)16-12-7-10(15(20)21)17-13(19)8-14(17)23(12)22/h1-5,7,12,14H,6,8H2,(H,16,18)(H,20,21)/t12?,14-,23?/m1/s1. The van der Waals surface area contributed by atoms with Crippen LogP contribution in [-0.4, -0.2) is 42.7 Å². The molecule has 1 saturated heterocycles. The van der Waals surface area contributed by atoms with E-state index in [4.69, 9.17) is 0 Å². The van der Waals surface area contributed by atoms with Crippen molar-refractivity contribution >= 4 is 28.6 Å². The summed E-state index contributed by atoms with van der Waals surface area (Å²) in [6.45, 7) is 0. The SMILES string of the molecule is O=C(Cc1ccccc1)NC1C=C(C(=O)O)N2C(=O)C[C@H]2S1=O. The maximum Gasteiger partial charge on any atom is 0.352 e. The molecule has 2 N–H and O–H groups in total. The van der Waals surface area contributed by atoms with E-state index in [1.54, 1.807) is 12.1 Å². The predicted octanol–water partition coefficient (Wildman–Crippen LogP) is -0.0394. The number of aliphatic carboxylic acids is 1. The second-order valence-electron chi connectivity index (χ2n) is 5.26. The second kappa shape index (κ2) is 5.96. The molecule has 2 aliphatic rings. The molecule has 1 fully saturated rings. The van der Waals surface area contributed by atoms with Gasteiger partial charge in [-0.25, -0.2) is 4.79 Å². The molecule has 0 spiro atoms. The first kappa shape index (κ1) is 15.4. The molecule has 0 bridgehead atoms. The number of rotatable bonds is 4. The number of carbonyl (C=O) groups is 3. The zero-order valence-corrected chi connectivity index (χ0v) is 12.8. The third kappa shape index (κ3) is 2.89. The molecule has 0 radical (unpaired) electrons. The summed E-state index contributed by atoms with van der Waals surface area (Å²) >= 11 is 0. The van der Waals surface area contributed by atoms with E-state index in [2.05, 4.69) is 5.32 Å². The molecule has 0 aliphatic carbocycles. The lowest BCUT2D eigenvalue weighted by Gasteiger charge is -2.43. The molecule has 2 unspecified atom stereocenters. The normalized spacial score (nSPS) is 25.9. The molecule has 3 rings (SSSR count). The Bertz CT molecular complexity index is 731. The van der Waals surface area contributed by atoms with Gasteiger partial charge in [0.05, 0.1) is 23.6 Å². The van der Waals surface area contributed by atoms with Crippen LogP contribution in [0, 0.1) is 0 Å². The number of amides is 2. The highest BCUT2D eigenvalue weighted by Crippen LogP contribution is 2.33. The number of carbonyl (C=O) groups excluding carboxylic acids is 2. The van der Waals surface area contributed by atoms with E-state index in [9.17, 15) is 23.7 Å². The van der Waals surface area contributed by atoms with Gasteiger partial charge in [-0.1, -0.05) is 30.3 Å². The van der Waals surface area contributed by atoms with Crippen LogP contribution in [0.5, 0.6) is 0 Å². The smallest absolute Gasteiger partial charge is 0.352 e. The van der Waals surface area contributed by atoms with Crippen LogP contribution in [0.25, 0.3) is 0 Å². The number of carboxylic acids is 1. The summed E-state index contributed by atoms with van der Waals surface area (Å²) in [6.07, 6.45) is 1.31. The molecule has 120 valence electrons. The van der Waals surface area contributed by atoms with Crippen LogP contribution in [0.15, 0.2) is 42.1 Å². The van der Waals surface area contributed by atoms with Gasteiger partial charge in [0.15, 0.2) is 0 Å². The van der Waals surface area contributed by atoms with Crippen molar-refractivity contribution < 1.29 is 23.7 Å². The number of nitrogens with one attached hydrogen (secondary N) is 1. The van der Waals surface area contributed by atoms with Crippen molar-refractivity contribution in [2.75, 3.05) is 0 Å². The number of benzene rings is 1. The van der Waals surface area contributed by atoms with Crippen LogP contribution in [0.1, 0.15) is 12.0 Å². The van der Waals surface area contributed by atoms with Gasteiger partial charge in [-0.05, 0) is 11.6 Å². The Hall–Kier alpha value is -2.48. The molecule has 0 aromatic heterocycles. The van der Waals surface area contributed by atoms with E-state index < -0.39 is 27.5 Å². The van der Waals surface area contributed by atoms with E-state index in [0.717, 1.165) is 10.5 Å². The molecular weight excluding hydrogens is 320 g/mol. The minimum Gasteiger partial charge on any atom is -0.477 e. The quantitative estimate of drug-likeness (QED) is 0.752. The largest absolute Gasteiger partial charge is 0.477 e. The number of hydrogen-bond acceptors (Lipinski definition) is 4. The first-order valence-electron chi connectivity index (χ1n) is 6.97. The number of carboxylic acid groups (broad SMARTS) is 1. The number of β-lactam (4-membered cyclic amide) rings is 1. The van der Waals surface area contributed by atoms with Crippen LogP contribution >= 0.6 is 0 Å². The highest BCUT2D eigenvalue weighted by atomic mass is 32.2. The molecule has 7 nitrogen and oxygen atoms in total. The molecule has 23 heavy (non-hydrogen) atoms. The molecule has 2 amide bonds. The van der Waals surface area contributed by atoms with Crippen LogP contribution in [0.3, 0.4) is 0 Å². The van der Waals surface area contributed by atoms with E-state index in [1.807, 2.05) is 18.2 Å². The van der Waals surface area contributed by atoms with Gasteiger partial charge >= 0.3 is 5.97 Å². The Morgan fingerprint density at radius 1 is 1.30 bits per heavy atom. The maximum atomic E-state index is 12.4. The van der Waals surface area contributed by atoms with Crippen molar-refractivity contribution in [2.24, 2.45) is 0 Å². The maximum absolute atomic E-state index is 12.4. The molecule has 8 heteroatoms.